The maximum atomic E-state index is 10.3. The van der Waals surface area contributed by atoms with E-state index in [1.165, 1.54) is 4.88 Å². The van der Waals surface area contributed by atoms with Gasteiger partial charge in [-0.05, 0) is 30.4 Å². The minimum atomic E-state index is -0.515. The molecule has 3 nitrogen and oxygen atoms in total. The van der Waals surface area contributed by atoms with E-state index in [-0.39, 0.29) is 0 Å². The molecule has 19 heavy (non-hydrogen) atoms. The number of rotatable bonds is 4. The molecule has 2 aromatic rings. The summed E-state index contributed by atoms with van der Waals surface area (Å²) >= 11 is 1.72. The van der Waals surface area contributed by atoms with Gasteiger partial charge in [0, 0.05) is 10.4 Å². The number of aryl methyl sites for hydroxylation is 1. The lowest BCUT2D eigenvalue weighted by atomic mass is 10.0. The van der Waals surface area contributed by atoms with Gasteiger partial charge in [0.2, 0.25) is 0 Å². The van der Waals surface area contributed by atoms with Crippen LogP contribution in [0.15, 0.2) is 35.7 Å². The average molecular weight is 276 g/mol. The Balaban J connectivity index is 1.74. The Morgan fingerprint density at radius 1 is 1.16 bits per heavy atom. The lowest BCUT2D eigenvalue weighted by Crippen LogP contribution is -2.17. The largest absolute Gasteiger partial charge is 0.486 e. The summed E-state index contributed by atoms with van der Waals surface area (Å²) in [6, 6.07) is 9.82. The van der Waals surface area contributed by atoms with Gasteiger partial charge in [0.05, 0.1) is 6.10 Å². The van der Waals surface area contributed by atoms with Crippen LogP contribution in [0.1, 0.15) is 23.0 Å². The molecule has 1 unspecified atom stereocenters. The first kappa shape index (κ1) is 12.5. The number of para-hydroxylation sites is 1. The smallest absolute Gasteiger partial charge is 0.167 e. The van der Waals surface area contributed by atoms with Crippen LogP contribution in [0.4, 0.5) is 0 Å². The van der Waals surface area contributed by atoms with Crippen LogP contribution in [-0.4, -0.2) is 18.3 Å². The molecule has 1 N–H and O–H groups in total. The standard InChI is InChI=1S/C15H16O3S/c16-13(7-6-11-3-2-10-19-11)12-4-1-5-14-15(12)18-9-8-17-14/h1-5,10,13,16H,6-9H2. The number of thiophene rings is 1. The van der Waals surface area contributed by atoms with Crippen molar-refractivity contribution in [3.8, 4) is 11.5 Å². The topological polar surface area (TPSA) is 38.7 Å². The van der Waals surface area contributed by atoms with Gasteiger partial charge < -0.3 is 14.6 Å². The highest BCUT2D eigenvalue weighted by atomic mass is 32.1. The highest BCUT2D eigenvalue weighted by Gasteiger charge is 2.20. The minimum Gasteiger partial charge on any atom is -0.486 e. The molecule has 0 bridgehead atoms. The van der Waals surface area contributed by atoms with E-state index in [9.17, 15) is 5.11 Å². The van der Waals surface area contributed by atoms with Crippen molar-refractivity contribution in [1.29, 1.82) is 0 Å². The summed E-state index contributed by atoms with van der Waals surface area (Å²) in [5.74, 6) is 1.44. The van der Waals surface area contributed by atoms with Crippen LogP contribution in [0.5, 0.6) is 11.5 Å². The number of ether oxygens (including phenoxy) is 2. The van der Waals surface area contributed by atoms with E-state index in [0.29, 0.717) is 25.4 Å². The summed E-state index contributed by atoms with van der Waals surface area (Å²) in [5.41, 5.74) is 0.828. The minimum absolute atomic E-state index is 0.515. The van der Waals surface area contributed by atoms with E-state index in [0.717, 1.165) is 17.7 Å². The molecule has 0 spiro atoms. The van der Waals surface area contributed by atoms with Gasteiger partial charge in [-0.15, -0.1) is 11.3 Å². The molecule has 0 aliphatic carbocycles. The number of aliphatic hydroxyl groups is 1. The first-order valence-electron chi connectivity index (χ1n) is 6.43. The fourth-order valence-corrected chi connectivity index (χ4v) is 2.97. The molecule has 2 heterocycles. The zero-order valence-electron chi connectivity index (χ0n) is 10.5. The predicted octanol–water partition coefficient (Wildman–Crippen LogP) is 3.19. The third-order valence-electron chi connectivity index (χ3n) is 3.20. The average Bonchev–Trinajstić information content (AvgIpc) is 2.97. The predicted molar refractivity (Wildman–Crippen MR) is 75.0 cm³/mol. The van der Waals surface area contributed by atoms with Crippen molar-refractivity contribution in [2.75, 3.05) is 13.2 Å². The second-order valence-corrected chi connectivity index (χ2v) is 5.54. The fraction of sp³-hybridized carbons (Fsp3) is 0.333. The van der Waals surface area contributed by atoms with Crippen molar-refractivity contribution in [3.05, 3.63) is 46.2 Å². The van der Waals surface area contributed by atoms with Crippen molar-refractivity contribution in [3.63, 3.8) is 0 Å². The highest BCUT2D eigenvalue weighted by Crippen LogP contribution is 2.38. The molecule has 1 atom stereocenters. The molecular formula is C15H16O3S. The molecule has 3 rings (SSSR count). The summed E-state index contributed by atoms with van der Waals surface area (Å²) in [4.78, 5) is 1.29. The summed E-state index contributed by atoms with van der Waals surface area (Å²) in [6.45, 7) is 1.11. The maximum absolute atomic E-state index is 10.3. The Bertz CT molecular complexity index is 536. The second-order valence-electron chi connectivity index (χ2n) is 4.51. The first-order valence-corrected chi connectivity index (χ1v) is 7.31. The number of hydrogen-bond donors (Lipinski definition) is 1. The van der Waals surface area contributed by atoms with E-state index < -0.39 is 6.10 Å². The number of hydrogen-bond acceptors (Lipinski definition) is 4. The van der Waals surface area contributed by atoms with E-state index in [1.54, 1.807) is 11.3 Å². The van der Waals surface area contributed by atoms with Crippen LogP contribution in [0.3, 0.4) is 0 Å². The van der Waals surface area contributed by atoms with Crippen LogP contribution in [0.2, 0.25) is 0 Å². The van der Waals surface area contributed by atoms with Crippen LogP contribution < -0.4 is 9.47 Å². The van der Waals surface area contributed by atoms with Gasteiger partial charge in [0.1, 0.15) is 13.2 Å². The Morgan fingerprint density at radius 2 is 2.05 bits per heavy atom. The molecule has 1 aromatic carbocycles. The van der Waals surface area contributed by atoms with Crippen molar-refractivity contribution in [2.45, 2.75) is 18.9 Å². The van der Waals surface area contributed by atoms with E-state index >= 15 is 0 Å². The van der Waals surface area contributed by atoms with Gasteiger partial charge in [-0.2, -0.15) is 0 Å². The van der Waals surface area contributed by atoms with E-state index in [1.807, 2.05) is 24.3 Å². The normalized spacial score (nSPS) is 15.2. The molecule has 4 heteroatoms. The van der Waals surface area contributed by atoms with Crippen molar-refractivity contribution >= 4 is 11.3 Å². The van der Waals surface area contributed by atoms with Crippen molar-refractivity contribution in [2.24, 2.45) is 0 Å². The molecular weight excluding hydrogens is 260 g/mol. The Labute approximate surface area is 116 Å². The Morgan fingerprint density at radius 3 is 2.89 bits per heavy atom. The van der Waals surface area contributed by atoms with E-state index in [4.69, 9.17) is 9.47 Å². The zero-order valence-corrected chi connectivity index (χ0v) is 11.4. The first-order chi connectivity index (χ1) is 9.34. The third-order valence-corrected chi connectivity index (χ3v) is 4.14. The van der Waals surface area contributed by atoms with Gasteiger partial charge in [-0.1, -0.05) is 18.2 Å². The van der Waals surface area contributed by atoms with Gasteiger partial charge in [-0.25, -0.2) is 0 Å². The van der Waals surface area contributed by atoms with Crippen molar-refractivity contribution < 1.29 is 14.6 Å². The maximum Gasteiger partial charge on any atom is 0.167 e. The lowest BCUT2D eigenvalue weighted by molar-refractivity contribution is 0.141. The Kier molecular flexibility index (Phi) is 3.71. The van der Waals surface area contributed by atoms with Gasteiger partial charge in [0.25, 0.3) is 0 Å². The molecule has 0 saturated heterocycles. The van der Waals surface area contributed by atoms with Crippen LogP contribution in [0.25, 0.3) is 0 Å². The molecule has 1 aliphatic rings. The molecule has 0 saturated carbocycles. The summed E-state index contributed by atoms with van der Waals surface area (Å²) in [5, 5.41) is 12.4. The van der Waals surface area contributed by atoms with Crippen LogP contribution in [-0.2, 0) is 6.42 Å². The van der Waals surface area contributed by atoms with Gasteiger partial charge >= 0.3 is 0 Å². The molecule has 100 valence electrons. The summed E-state index contributed by atoms with van der Waals surface area (Å²) in [6.07, 6.45) is 1.06. The SMILES string of the molecule is OC(CCc1cccs1)c1cccc2c1OCCO2. The molecule has 0 radical (unpaired) electrons. The third kappa shape index (κ3) is 2.74. The monoisotopic (exact) mass is 276 g/mol. The molecule has 0 fully saturated rings. The van der Waals surface area contributed by atoms with Gasteiger partial charge in [0.15, 0.2) is 11.5 Å². The number of fused-ring (bicyclic) bond motifs is 1. The quantitative estimate of drug-likeness (QED) is 0.932. The molecule has 1 aromatic heterocycles. The molecule has 0 amide bonds. The van der Waals surface area contributed by atoms with Crippen molar-refractivity contribution in [1.82, 2.24) is 0 Å². The fourth-order valence-electron chi connectivity index (χ4n) is 2.25. The summed E-state index contributed by atoms with van der Waals surface area (Å²) in [7, 11) is 0. The van der Waals surface area contributed by atoms with Gasteiger partial charge in [-0.3, -0.25) is 0 Å². The second kappa shape index (κ2) is 5.63. The number of aliphatic hydroxyl groups excluding tert-OH is 1. The van der Waals surface area contributed by atoms with Crippen LogP contribution >= 0.6 is 11.3 Å². The summed E-state index contributed by atoms with van der Waals surface area (Å²) < 4.78 is 11.2. The molecule has 1 aliphatic heterocycles. The Hall–Kier alpha value is -1.52. The van der Waals surface area contributed by atoms with Crippen LogP contribution in [0, 0.1) is 0 Å². The lowest BCUT2D eigenvalue weighted by Gasteiger charge is -2.23. The number of benzene rings is 1. The highest BCUT2D eigenvalue weighted by molar-refractivity contribution is 7.09. The zero-order chi connectivity index (χ0) is 13.1. The van der Waals surface area contributed by atoms with E-state index in [2.05, 4.69) is 11.4 Å².